The Hall–Kier alpha value is -1.52. The number of hydrogen-bond donors (Lipinski definition) is 3. The van der Waals surface area contributed by atoms with Crippen LogP contribution in [0.5, 0.6) is 0 Å². The monoisotopic (exact) mass is 237 g/mol. The molecule has 1 aromatic heterocycles. The molecule has 4 nitrogen and oxygen atoms in total. The fraction of sp³-hybridized carbons (Fsp3) is 0.182. The van der Waals surface area contributed by atoms with Crippen LogP contribution in [-0.2, 0) is 0 Å². The lowest BCUT2D eigenvalue weighted by molar-refractivity contribution is 0.0950. The minimum atomic E-state index is -0.169. The zero-order valence-corrected chi connectivity index (χ0v) is 9.34. The number of nitrogens with one attached hydrogen (secondary N) is 2. The summed E-state index contributed by atoms with van der Waals surface area (Å²) in [6, 6.07) is 7.30. The molecule has 0 unspecified atom stereocenters. The Labute approximate surface area is 97.8 Å². The van der Waals surface area contributed by atoms with E-state index in [9.17, 15) is 4.79 Å². The maximum absolute atomic E-state index is 11.6. The van der Waals surface area contributed by atoms with E-state index < -0.39 is 0 Å². The van der Waals surface area contributed by atoms with E-state index in [0.717, 1.165) is 10.9 Å². The third-order valence-electron chi connectivity index (χ3n) is 2.28. The van der Waals surface area contributed by atoms with Crippen molar-refractivity contribution in [3.63, 3.8) is 0 Å². The van der Waals surface area contributed by atoms with Crippen LogP contribution in [0.2, 0.25) is 5.02 Å². The highest BCUT2D eigenvalue weighted by molar-refractivity contribution is 6.35. The molecule has 2 aromatic rings. The molecule has 84 valence electrons. The number of benzene rings is 1. The smallest absolute Gasteiger partial charge is 0.267 e. The summed E-state index contributed by atoms with van der Waals surface area (Å²) in [6.45, 7) is 0.884. The quantitative estimate of drug-likeness (QED) is 0.757. The number of rotatable bonds is 3. The van der Waals surface area contributed by atoms with Gasteiger partial charge in [-0.15, -0.1) is 0 Å². The highest BCUT2D eigenvalue weighted by atomic mass is 35.5. The summed E-state index contributed by atoms with van der Waals surface area (Å²) in [6.07, 6.45) is 0. The first-order valence-corrected chi connectivity index (χ1v) is 5.35. The molecule has 0 fully saturated rings. The second-order valence-corrected chi connectivity index (χ2v) is 3.84. The molecule has 0 saturated carbocycles. The third kappa shape index (κ3) is 2.03. The van der Waals surface area contributed by atoms with Crippen molar-refractivity contribution in [1.29, 1.82) is 0 Å². The zero-order chi connectivity index (χ0) is 11.5. The molecule has 0 spiro atoms. The van der Waals surface area contributed by atoms with Crippen LogP contribution in [0.15, 0.2) is 24.3 Å². The number of carbonyl (C=O) groups excluding carboxylic acids is 1. The maximum atomic E-state index is 11.6. The Morgan fingerprint density at radius 1 is 1.50 bits per heavy atom. The lowest BCUT2D eigenvalue weighted by Gasteiger charge is -1.99. The molecule has 2 rings (SSSR count). The van der Waals surface area contributed by atoms with Gasteiger partial charge in [0, 0.05) is 18.5 Å². The average Bonchev–Trinajstić information content (AvgIpc) is 2.71. The summed E-state index contributed by atoms with van der Waals surface area (Å²) in [5.74, 6) is -0.169. The molecule has 0 aliphatic carbocycles. The number of nitrogens with two attached hydrogens (primary N) is 1. The van der Waals surface area contributed by atoms with Crippen molar-refractivity contribution < 1.29 is 4.79 Å². The summed E-state index contributed by atoms with van der Waals surface area (Å²) in [7, 11) is 0. The van der Waals surface area contributed by atoms with Crippen molar-refractivity contribution in [3.05, 3.63) is 35.0 Å². The Morgan fingerprint density at radius 3 is 3.00 bits per heavy atom. The zero-order valence-electron chi connectivity index (χ0n) is 8.59. The largest absolute Gasteiger partial charge is 0.350 e. The number of para-hydroxylation sites is 1. The van der Waals surface area contributed by atoms with Gasteiger partial charge in [-0.2, -0.15) is 0 Å². The van der Waals surface area contributed by atoms with Crippen molar-refractivity contribution >= 4 is 28.4 Å². The number of aromatic amines is 1. The maximum Gasteiger partial charge on any atom is 0.267 e. The molecule has 4 N–H and O–H groups in total. The Balaban J connectivity index is 2.32. The lowest BCUT2D eigenvalue weighted by Crippen LogP contribution is -2.29. The van der Waals surface area contributed by atoms with E-state index in [1.165, 1.54) is 0 Å². The summed E-state index contributed by atoms with van der Waals surface area (Å²) >= 11 is 6.00. The fourth-order valence-electron chi connectivity index (χ4n) is 1.52. The van der Waals surface area contributed by atoms with E-state index in [4.69, 9.17) is 17.3 Å². The minimum absolute atomic E-state index is 0.169. The van der Waals surface area contributed by atoms with Gasteiger partial charge in [-0.3, -0.25) is 4.79 Å². The van der Waals surface area contributed by atoms with Crippen molar-refractivity contribution in [2.45, 2.75) is 0 Å². The molecule has 1 amide bonds. The predicted octanol–water partition coefficient (Wildman–Crippen LogP) is 1.51. The molecule has 1 aromatic carbocycles. The van der Waals surface area contributed by atoms with E-state index in [1.54, 1.807) is 12.1 Å². The van der Waals surface area contributed by atoms with E-state index in [2.05, 4.69) is 10.3 Å². The molecular formula is C11H12ClN3O. The second kappa shape index (κ2) is 4.55. The molecule has 5 heteroatoms. The molecule has 0 bridgehead atoms. The fourth-order valence-corrected chi connectivity index (χ4v) is 1.75. The summed E-state index contributed by atoms with van der Waals surface area (Å²) in [4.78, 5) is 14.6. The molecule has 0 aliphatic rings. The number of halogens is 1. The molecule has 16 heavy (non-hydrogen) atoms. The van der Waals surface area contributed by atoms with Crippen molar-refractivity contribution in [1.82, 2.24) is 10.3 Å². The first kappa shape index (κ1) is 11.0. The van der Waals surface area contributed by atoms with Crippen LogP contribution in [-0.4, -0.2) is 24.0 Å². The van der Waals surface area contributed by atoms with Crippen LogP contribution in [0.1, 0.15) is 10.5 Å². The molecule has 0 atom stereocenters. The minimum Gasteiger partial charge on any atom is -0.350 e. The average molecular weight is 238 g/mol. The van der Waals surface area contributed by atoms with Gasteiger partial charge in [-0.1, -0.05) is 23.7 Å². The van der Waals surface area contributed by atoms with E-state index in [0.29, 0.717) is 23.8 Å². The number of hydrogen-bond acceptors (Lipinski definition) is 2. The normalized spacial score (nSPS) is 10.6. The van der Waals surface area contributed by atoms with Crippen LogP contribution in [0, 0.1) is 0 Å². The number of amides is 1. The molecule has 1 heterocycles. The van der Waals surface area contributed by atoms with Gasteiger partial charge in [0.15, 0.2) is 0 Å². The molecule has 0 radical (unpaired) electrons. The summed E-state index contributed by atoms with van der Waals surface area (Å²) < 4.78 is 0. The standard InChI is InChI=1S/C11H12ClN3O/c12-8-3-1-2-7-6-9(15-10(7)8)11(16)14-5-4-13/h1-3,6,15H,4-5,13H2,(H,14,16). The van der Waals surface area contributed by atoms with Crippen LogP contribution in [0.3, 0.4) is 0 Å². The van der Waals surface area contributed by atoms with Crippen molar-refractivity contribution in [3.8, 4) is 0 Å². The first-order valence-electron chi connectivity index (χ1n) is 4.98. The van der Waals surface area contributed by atoms with Gasteiger partial charge in [0.25, 0.3) is 5.91 Å². The lowest BCUT2D eigenvalue weighted by atomic mass is 10.2. The number of fused-ring (bicyclic) bond motifs is 1. The van der Waals surface area contributed by atoms with Crippen LogP contribution < -0.4 is 11.1 Å². The highest BCUT2D eigenvalue weighted by Crippen LogP contribution is 2.23. The Morgan fingerprint density at radius 2 is 2.31 bits per heavy atom. The third-order valence-corrected chi connectivity index (χ3v) is 2.59. The van der Waals surface area contributed by atoms with E-state index in [1.807, 2.05) is 12.1 Å². The van der Waals surface area contributed by atoms with E-state index in [-0.39, 0.29) is 5.91 Å². The number of carbonyl (C=O) groups is 1. The topological polar surface area (TPSA) is 70.9 Å². The highest BCUT2D eigenvalue weighted by Gasteiger charge is 2.09. The SMILES string of the molecule is NCCNC(=O)c1cc2cccc(Cl)c2[nH]1. The molecule has 0 aliphatic heterocycles. The number of H-pyrrole nitrogens is 1. The second-order valence-electron chi connectivity index (χ2n) is 3.43. The van der Waals surface area contributed by atoms with Gasteiger partial charge in [-0.05, 0) is 12.1 Å². The van der Waals surface area contributed by atoms with Gasteiger partial charge in [0.05, 0.1) is 10.5 Å². The van der Waals surface area contributed by atoms with Gasteiger partial charge in [0.1, 0.15) is 5.69 Å². The van der Waals surface area contributed by atoms with Gasteiger partial charge < -0.3 is 16.0 Å². The van der Waals surface area contributed by atoms with Gasteiger partial charge >= 0.3 is 0 Å². The Kier molecular flexibility index (Phi) is 3.12. The predicted molar refractivity (Wildman–Crippen MR) is 64.7 cm³/mol. The summed E-state index contributed by atoms with van der Waals surface area (Å²) in [5.41, 5.74) is 6.58. The Bertz CT molecular complexity index is 521. The van der Waals surface area contributed by atoms with Gasteiger partial charge in [-0.25, -0.2) is 0 Å². The van der Waals surface area contributed by atoms with Crippen LogP contribution in [0.4, 0.5) is 0 Å². The van der Waals surface area contributed by atoms with Gasteiger partial charge in [0.2, 0.25) is 0 Å². The van der Waals surface area contributed by atoms with E-state index >= 15 is 0 Å². The first-order chi connectivity index (χ1) is 7.72. The number of aromatic nitrogens is 1. The van der Waals surface area contributed by atoms with Crippen molar-refractivity contribution in [2.75, 3.05) is 13.1 Å². The van der Waals surface area contributed by atoms with Crippen molar-refractivity contribution in [2.24, 2.45) is 5.73 Å². The molecular weight excluding hydrogens is 226 g/mol. The molecule has 0 saturated heterocycles. The van der Waals surface area contributed by atoms with Crippen LogP contribution in [0.25, 0.3) is 10.9 Å². The summed E-state index contributed by atoms with van der Waals surface area (Å²) in [5, 5.41) is 4.22. The van der Waals surface area contributed by atoms with Crippen LogP contribution >= 0.6 is 11.6 Å².